The Morgan fingerprint density at radius 1 is 1.00 bits per heavy atom. The van der Waals surface area contributed by atoms with Gasteiger partial charge in [0.15, 0.2) is 0 Å². The summed E-state index contributed by atoms with van der Waals surface area (Å²) in [6.07, 6.45) is 0. The third-order valence-electron chi connectivity index (χ3n) is 3.36. The number of nitrogens with zero attached hydrogens (tertiary/aromatic N) is 1. The first-order valence-electron chi connectivity index (χ1n) is 7.04. The first-order valence-corrected chi connectivity index (χ1v) is 7.86. The molecule has 4 heteroatoms. The van der Waals surface area contributed by atoms with Crippen molar-refractivity contribution in [1.82, 2.24) is 4.98 Å². The maximum absolute atomic E-state index is 12.1. The Labute approximate surface area is 133 Å². The first kappa shape index (κ1) is 14.5. The van der Waals surface area contributed by atoms with Gasteiger partial charge in [-0.15, -0.1) is 11.3 Å². The number of anilines is 1. The van der Waals surface area contributed by atoms with Gasteiger partial charge in [0.25, 0.3) is 5.91 Å². The quantitative estimate of drug-likeness (QED) is 0.763. The van der Waals surface area contributed by atoms with E-state index in [0.29, 0.717) is 5.56 Å². The molecule has 0 aliphatic carbocycles. The fourth-order valence-corrected chi connectivity index (χ4v) is 3.14. The highest BCUT2D eigenvalue weighted by Gasteiger charge is 2.09. The number of amides is 1. The van der Waals surface area contributed by atoms with E-state index < -0.39 is 0 Å². The van der Waals surface area contributed by atoms with Crippen LogP contribution >= 0.6 is 11.3 Å². The fourth-order valence-electron chi connectivity index (χ4n) is 2.30. The average molecular weight is 308 g/mol. The number of benzene rings is 2. The number of hydrogen-bond acceptors (Lipinski definition) is 3. The number of carbonyl (C=O) groups excluding carboxylic acids is 1. The van der Waals surface area contributed by atoms with E-state index in [2.05, 4.69) is 17.2 Å². The van der Waals surface area contributed by atoms with Crippen LogP contribution in [0.3, 0.4) is 0 Å². The van der Waals surface area contributed by atoms with Crippen molar-refractivity contribution in [2.45, 2.75) is 13.8 Å². The van der Waals surface area contributed by atoms with Crippen molar-refractivity contribution in [3.63, 3.8) is 0 Å². The van der Waals surface area contributed by atoms with Crippen LogP contribution in [-0.4, -0.2) is 10.9 Å². The van der Waals surface area contributed by atoms with Crippen molar-refractivity contribution in [3.05, 3.63) is 70.0 Å². The highest BCUT2D eigenvalue weighted by molar-refractivity contribution is 7.11. The zero-order valence-corrected chi connectivity index (χ0v) is 13.3. The van der Waals surface area contributed by atoms with E-state index in [1.165, 1.54) is 4.88 Å². The smallest absolute Gasteiger partial charge is 0.255 e. The first-order chi connectivity index (χ1) is 10.6. The molecule has 0 spiro atoms. The zero-order chi connectivity index (χ0) is 15.5. The van der Waals surface area contributed by atoms with E-state index >= 15 is 0 Å². The molecule has 2 aromatic carbocycles. The molecule has 110 valence electrons. The van der Waals surface area contributed by atoms with E-state index in [4.69, 9.17) is 0 Å². The largest absolute Gasteiger partial charge is 0.322 e. The molecule has 0 aliphatic heterocycles. The van der Waals surface area contributed by atoms with Crippen LogP contribution < -0.4 is 5.32 Å². The Hall–Kier alpha value is -2.46. The van der Waals surface area contributed by atoms with Gasteiger partial charge in [-0.3, -0.25) is 4.79 Å². The number of carbonyl (C=O) groups is 1. The molecule has 0 bridgehead atoms. The molecule has 0 saturated carbocycles. The van der Waals surface area contributed by atoms with E-state index in [1.807, 2.05) is 49.4 Å². The summed E-state index contributed by atoms with van der Waals surface area (Å²) in [5, 5.41) is 3.96. The second-order valence-electron chi connectivity index (χ2n) is 5.04. The maximum Gasteiger partial charge on any atom is 0.255 e. The molecule has 1 N–H and O–H groups in total. The minimum absolute atomic E-state index is 0.103. The van der Waals surface area contributed by atoms with Gasteiger partial charge in [0.1, 0.15) is 0 Å². The molecule has 3 nitrogen and oxygen atoms in total. The predicted molar refractivity (Wildman–Crippen MR) is 91.4 cm³/mol. The number of rotatable bonds is 3. The summed E-state index contributed by atoms with van der Waals surface area (Å²) in [6.45, 7) is 4.08. The second kappa shape index (κ2) is 6.12. The van der Waals surface area contributed by atoms with Crippen LogP contribution in [0.2, 0.25) is 0 Å². The van der Waals surface area contributed by atoms with Crippen LogP contribution in [0.4, 0.5) is 5.69 Å². The van der Waals surface area contributed by atoms with Crippen LogP contribution in [0.15, 0.2) is 54.6 Å². The molecule has 0 unspecified atom stereocenters. The Bertz CT molecular complexity index is 792. The third kappa shape index (κ3) is 3.07. The third-order valence-corrected chi connectivity index (χ3v) is 4.24. The summed E-state index contributed by atoms with van der Waals surface area (Å²) in [6, 6.07) is 17.0. The van der Waals surface area contributed by atoms with Crippen molar-refractivity contribution in [2.75, 3.05) is 5.32 Å². The number of hydrogen-bond donors (Lipinski definition) is 1. The molecule has 0 atom stereocenters. The minimum atomic E-state index is -0.103. The summed E-state index contributed by atoms with van der Waals surface area (Å²) in [4.78, 5) is 17.9. The molecule has 1 heterocycles. The molecule has 0 aliphatic rings. The van der Waals surface area contributed by atoms with E-state index in [0.717, 1.165) is 22.0 Å². The Morgan fingerprint density at radius 3 is 2.27 bits per heavy atom. The van der Waals surface area contributed by atoms with Crippen LogP contribution in [0, 0.1) is 13.8 Å². The predicted octanol–water partition coefficient (Wildman–Crippen LogP) is 4.68. The topological polar surface area (TPSA) is 42.0 Å². The highest BCUT2D eigenvalue weighted by Crippen LogP contribution is 2.28. The second-order valence-corrected chi connectivity index (χ2v) is 6.44. The summed E-state index contributed by atoms with van der Waals surface area (Å²) in [5.41, 5.74) is 3.52. The molecule has 22 heavy (non-hydrogen) atoms. The monoisotopic (exact) mass is 308 g/mol. The van der Waals surface area contributed by atoms with Gasteiger partial charge < -0.3 is 5.32 Å². The zero-order valence-electron chi connectivity index (χ0n) is 12.5. The van der Waals surface area contributed by atoms with Gasteiger partial charge in [0.2, 0.25) is 0 Å². The molecule has 3 aromatic rings. The van der Waals surface area contributed by atoms with Crippen LogP contribution in [0.1, 0.15) is 20.2 Å². The molecule has 0 fully saturated rings. The van der Waals surface area contributed by atoms with Crippen LogP contribution in [0.5, 0.6) is 0 Å². The standard InChI is InChI=1S/C18H16N2OS/c1-12-17(19-13(2)22-12)14-8-10-16(11-9-14)20-18(21)15-6-4-3-5-7-15/h3-11H,1-2H3,(H,20,21). The van der Waals surface area contributed by atoms with Gasteiger partial charge in [0, 0.05) is 21.7 Å². The molecule has 0 saturated heterocycles. The summed E-state index contributed by atoms with van der Waals surface area (Å²) >= 11 is 1.70. The van der Waals surface area contributed by atoms with Crippen molar-refractivity contribution in [2.24, 2.45) is 0 Å². The van der Waals surface area contributed by atoms with Crippen LogP contribution in [0.25, 0.3) is 11.3 Å². The molecular weight excluding hydrogens is 292 g/mol. The highest BCUT2D eigenvalue weighted by atomic mass is 32.1. The normalized spacial score (nSPS) is 10.5. The van der Waals surface area contributed by atoms with E-state index in [-0.39, 0.29) is 5.91 Å². The Kier molecular flexibility index (Phi) is 4.02. The number of thiazole rings is 1. The minimum Gasteiger partial charge on any atom is -0.322 e. The van der Waals surface area contributed by atoms with Crippen molar-refractivity contribution >= 4 is 22.9 Å². The molecule has 0 radical (unpaired) electrons. The summed E-state index contributed by atoms with van der Waals surface area (Å²) in [5.74, 6) is -0.103. The number of aryl methyl sites for hydroxylation is 2. The lowest BCUT2D eigenvalue weighted by Crippen LogP contribution is -2.11. The van der Waals surface area contributed by atoms with E-state index in [1.54, 1.807) is 23.5 Å². The van der Waals surface area contributed by atoms with Gasteiger partial charge in [0.05, 0.1) is 10.7 Å². The maximum atomic E-state index is 12.1. The van der Waals surface area contributed by atoms with Gasteiger partial charge in [-0.25, -0.2) is 4.98 Å². The van der Waals surface area contributed by atoms with Gasteiger partial charge in [-0.05, 0) is 38.1 Å². The SMILES string of the molecule is Cc1nc(-c2ccc(NC(=O)c3ccccc3)cc2)c(C)s1. The van der Waals surface area contributed by atoms with Gasteiger partial charge in [-0.1, -0.05) is 30.3 Å². The molecule has 1 amide bonds. The van der Waals surface area contributed by atoms with Gasteiger partial charge >= 0.3 is 0 Å². The fraction of sp³-hybridized carbons (Fsp3) is 0.111. The lowest BCUT2D eigenvalue weighted by atomic mass is 10.1. The van der Waals surface area contributed by atoms with Crippen LogP contribution in [-0.2, 0) is 0 Å². The van der Waals surface area contributed by atoms with Crippen molar-refractivity contribution in [3.8, 4) is 11.3 Å². The Balaban J connectivity index is 1.77. The number of nitrogens with one attached hydrogen (secondary N) is 1. The molecule has 3 rings (SSSR count). The van der Waals surface area contributed by atoms with Gasteiger partial charge in [-0.2, -0.15) is 0 Å². The summed E-state index contributed by atoms with van der Waals surface area (Å²) < 4.78 is 0. The lowest BCUT2D eigenvalue weighted by Gasteiger charge is -2.06. The average Bonchev–Trinajstić information content (AvgIpc) is 2.87. The van der Waals surface area contributed by atoms with Crippen molar-refractivity contribution in [1.29, 1.82) is 0 Å². The molecule has 1 aromatic heterocycles. The lowest BCUT2D eigenvalue weighted by molar-refractivity contribution is 0.102. The summed E-state index contributed by atoms with van der Waals surface area (Å²) in [7, 11) is 0. The number of aromatic nitrogens is 1. The van der Waals surface area contributed by atoms with E-state index in [9.17, 15) is 4.79 Å². The Morgan fingerprint density at radius 2 is 1.68 bits per heavy atom. The molecular formula is C18H16N2OS. The van der Waals surface area contributed by atoms with Crippen molar-refractivity contribution < 1.29 is 4.79 Å².